The van der Waals surface area contributed by atoms with Gasteiger partial charge in [-0.2, -0.15) is 0 Å². The molecule has 0 saturated heterocycles. The topological polar surface area (TPSA) is 26.0 Å². The van der Waals surface area contributed by atoms with Crippen molar-refractivity contribution in [2.24, 2.45) is 5.73 Å². The van der Waals surface area contributed by atoms with Crippen molar-refractivity contribution in [1.29, 1.82) is 0 Å². The van der Waals surface area contributed by atoms with Gasteiger partial charge in [0.25, 0.3) is 0 Å². The molecule has 1 unspecified atom stereocenters. The number of halogens is 3. The molecule has 0 saturated carbocycles. The molecule has 0 aromatic heterocycles. The normalized spacial score (nSPS) is 12.4. The van der Waals surface area contributed by atoms with Gasteiger partial charge in [-0.15, -0.1) is 11.8 Å². The Balaban J connectivity index is 1.94. The maximum atomic E-state index is 13.7. The molecule has 2 N–H and O–H groups in total. The molecular weight excluding hydrogens is 300 g/mol. The molecule has 2 rings (SSSR count). The van der Waals surface area contributed by atoms with Crippen molar-refractivity contribution in [2.75, 3.05) is 5.75 Å². The van der Waals surface area contributed by atoms with Crippen LogP contribution in [-0.2, 0) is 6.42 Å². The molecule has 0 bridgehead atoms. The summed E-state index contributed by atoms with van der Waals surface area (Å²) < 4.78 is 27.2. The lowest BCUT2D eigenvalue weighted by Crippen LogP contribution is -2.26. The van der Waals surface area contributed by atoms with Crippen LogP contribution in [0.25, 0.3) is 0 Å². The molecule has 106 valence electrons. The number of hydrogen-bond acceptors (Lipinski definition) is 2. The Hall–Kier alpha value is -1.10. The van der Waals surface area contributed by atoms with Crippen LogP contribution in [0.1, 0.15) is 5.56 Å². The predicted molar refractivity (Wildman–Crippen MR) is 80.2 cm³/mol. The Bertz CT molecular complexity index is 592. The van der Waals surface area contributed by atoms with Crippen molar-refractivity contribution < 1.29 is 8.78 Å². The molecular formula is C15H14ClF2NS. The van der Waals surface area contributed by atoms with Crippen LogP contribution < -0.4 is 5.73 Å². The van der Waals surface area contributed by atoms with Gasteiger partial charge in [-0.3, -0.25) is 0 Å². The third kappa shape index (κ3) is 3.95. The number of thioether (sulfide) groups is 1. The standard InChI is InChI=1S/C15H14ClF2NS/c16-12-5-3-4-10(15(12)18)8-11(19)9-20-14-7-2-1-6-13(14)17/h1-7,11H,8-9,19H2. The van der Waals surface area contributed by atoms with Gasteiger partial charge < -0.3 is 5.73 Å². The van der Waals surface area contributed by atoms with Crippen LogP contribution in [0, 0.1) is 11.6 Å². The summed E-state index contributed by atoms with van der Waals surface area (Å²) in [5.74, 6) is -0.188. The molecule has 0 aliphatic rings. The second-order valence-corrected chi connectivity index (χ2v) is 5.89. The Morgan fingerprint density at radius 2 is 1.85 bits per heavy atom. The van der Waals surface area contributed by atoms with Crippen molar-refractivity contribution in [3.8, 4) is 0 Å². The summed E-state index contributed by atoms with van der Waals surface area (Å²) >= 11 is 7.05. The smallest absolute Gasteiger partial charge is 0.145 e. The summed E-state index contributed by atoms with van der Waals surface area (Å²) in [5, 5.41) is 0.0939. The van der Waals surface area contributed by atoms with Crippen LogP contribution in [0.4, 0.5) is 8.78 Å². The fourth-order valence-electron chi connectivity index (χ4n) is 1.81. The Kier molecular flexibility index (Phi) is 5.40. The summed E-state index contributed by atoms with van der Waals surface area (Å²) in [6.45, 7) is 0. The first-order valence-electron chi connectivity index (χ1n) is 6.13. The number of hydrogen-bond donors (Lipinski definition) is 1. The zero-order valence-electron chi connectivity index (χ0n) is 10.7. The summed E-state index contributed by atoms with van der Waals surface area (Å²) in [5.41, 5.74) is 6.45. The molecule has 1 atom stereocenters. The monoisotopic (exact) mass is 313 g/mol. The molecule has 0 fully saturated rings. The minimum absolute atomic E-state index is 0.0939. The highest BCUT2D eigenvalue weighted by Gasteiger charge is 2.12. The van der Waals surface area contributed by atoms with E-state index in [1.807, 2.05) is 0 Å². The highest BCUT2D eigenvalue weighted by atomic mass is 35.5. The molecule has 2 aromatic carbocycles. The molecule has 1 nitrogen and oxygen atoms in total. The second-order valence-electron chi connectivity index (χ2n) is 4.42. The number of benzene rings is 2. The van der Waals surface area contributed by atoms with Crippen LogP contribution in [-0.4, -0.2) is 11.8 Å². The van der Waals surface area contributed by atoms with E-state index in [2.05, 4.69) is 0 Å². The van der Waals surface area contributed by atoms with E-state index in [-0.39, 0.29) is 16.9 Å². The SMILES string of the molecule is NC(CSc1ccccc1F)Cc1cccc(Cl)c1F. The molecule has 0 amide bonds. The van der Waals surface area contributed by atoms with E-state index < -0.39 is 5.82 Å². The van der Waals surface area contributed by atoms with Crippen LogP contribution >= 0.6 is 23.4 Å². The Morgan fingerprint density at radius 3 is 2.60 bits per heavy atom. The molecule has 0 radical (unpaired) electrons. The van der Waals surface area contributed by atoms with Gasteiger partial charge in [-0.25, -0.2) is 8.78 Å². The first-order chi connectivity index (χ1) is 9.58. The minimum Gasteiger partial charge on any atom is -0.327 e. The van der Waals surface area contributed by atoms with E-state index in [9.17, 15) is 8.78 Å². The van der Waals surface area contributed by atoms with E-state index in [0.29, 0.717) is 22.6 Å². The van der Waals surface area contributed by atoms with Crippen molar-refractivity contribution in [1.82, 2.24) is 0 Å². The third-order valence-corrected chi connectivity index (χ3v) is 4.33. The largest absolute Gasteiger partial charge is 0.327 e. The fourth-order valence-corrected chi connectivity index (χ4v) is 2.89. The summed E-state index contributed by atoms with van der Waals surface area (Å²) in [6.07, 6.45) is 0.369. The number of nitrogens with two attached hydrogens (primary N) is 1. The highest BCUT2D eigenvalue weighted by molar-refractivity contribution is 7.99. The summed E-state index contributed by atoms with van der Waals surface area (Å²) in [6, 6.07) is 11.1. The van der Waals surface area contributed by atoms with Crippen molar-refractivity contribution >= 4 is 23.4 Å². The van der Waals surface area contributed by atoms with E-state index >= 15 is 0 Å². The van der Waals surface area contributed by atoms with Crippen molar-refractivity contribution in [3.05, 3.63) is 64.7 Å². The lowest BCUT2D eigenvalue weighted by atomic mass is 10.1. The van der Waals surface area contributed by atoms with E-state index in [1.165, 1.54) is 23.9 Å². The third-order valence-electron chi connectivity index (χ3n) is 2.80. The highest BCUT2D eigenvalue weighted by Crippen LogP contribution is 2.23. The van der Waals surface area contributed by atoms with Crippen molar-refractivity contribution in [3.63, 3.8) is 0 Å². The quantitative estimate of drug-likeness (QED) is 0.834. The van der Waals surface area contributed by atoms with Gasteiger partial charge in [-0.1, -0.05) is 35.9 Å². The predicted octanol–water partition coefficient (Wildman–Crippen LogP) is 4.28. The lowest BCUT2D eigenvalue weighted by molar-refractivity contribution is 0.595. The van der Waals surface area contributed by atoms with Gasteiger partial charge >= 0.3 is 0 Å². The summed E-state index contributed by atoms with van der Waals surface area (Å²) in [4.78, 5) is 0.550. The average Bonchev–Trinajstić information content (AvgIpc) is 2.43. The van der Waals surface area contributed by atoms with Gasteiger partial charge in [0.15, 0.2) is 0 Å². The van der Waals surface area contributed by atoms with Gasteiger partial charge in [0.2, 0.25) is 0 Å². The van der Waals surface area contributed by atoms with Crippen LogP contribution in [0.2, 0.25) is 5.02 Å². The molecule has 20 heavy (non-hydrogen) atoms. The van der Waals surface area contributed by atoms with E-state index in [1.54, 1.807) is 30.3 Å². The van der Waals surface area contributed by atoms with Gasteiger partial charge in [0.1, 0.15) is 11.6 Å². The maximum Gasteiger partial charge on any atom is 0.145 e. The maximum absolute atomic E-state index is 13.7. The average molecular weight is 314 g/mol. The van der Waals surface area contributed by atoms with Crippen LogP contribution in [0.3, 0.4) is 0 Å². The van der Waals surface area contributed by atoms with Gasteiger partial charge in [0.05, 0.1) is 5.02 Å². The minimum atomic E-state index is -0.430. The zero-order valence-corrected chi connectivity index (χ0v) is 12.2. The van der Waals surface area contributed by atoms with Crippen LogP contribution in [0.5, 0.6) is 0 Å². The molecule has 5 heteroatoms. The van der Waals surface area contributed by atoms with Gasteiger partial charge in [-0.05, 0) is 30.2 Å². The summed E-state index contributed by atoms with van der Waals surface area (Å²) in [7, 11) is 0. The lowest BCUT2D eigenvalue weighted by Gasteiger charge is -2.12. The first-order valence-corrected chi connectivity index (χ1v) is 7.50. The number of rotatable bonds is 5. The zero-order chi connectivity index (χ0) is 14.5. The Morgan fingerprint density at radius 1 is 1.10 bits per heavy atom. The molecule has 2 aromatic rings. The fraction of sp³-hybridized carbons (Fsp3) is 0.200. The molecule has 0 spiro atoms. The first kappa shape index (κ1) is 15.3. The van der Waals surface area contributed by atoms with Gasteiger partial charge in [0, 0.05) is 16.7 Å². The Labute approximate surface area is 126 Å². The van der Waals surface area contributed by atoms with Crippen LogP contribution in [0.15, 0.2) is 47.4 Å². The van der Waals surface area contributed by atoms with Crippen molar-refractivity contribution in [2.45, 2.75) is 17.4 Å². The molecule has 0 aliphatic carbocycles. The van der Waals surface area contributed by atoms with E-state index in [4.69, 9.17) is 17.3 Å². The molecule has 0 heterocycles. The second kappa shape index (κ2) is 7.07. The molecule has 0 aliphatic heterocycles. The van der Waals surface area contributed by atoms with E-state index in [0.717, 1.165) is 0 Å².